The van der Waals surface area contributed by atoms with Gasteiger partial charge >= 0.3 is 0 Å². The summed E-state index contributed by atoms with van der Waals surface area (Å²) >= 11 is 4.32. The van der Waals surface area contributed by atoms with E-state index < -0.39 is 0 Å². The van der Waals surface area contributed by atoms with Gasteiger partial charge in [0.05, 0.1) is 0 Å². The van der Waals surface area contributed by atoms with Crippen LogP contribution >= 0.6 is 12.6 Å². The predicted molar refractivity (Wildman–Crippen MR) is 60.6 cm³/mol. The lowest BCUT2D eigenvalue weighted by Gasteiger charge is -2.24. The van der Waals surface area contributed by atoms with Crippen molar-refractivity contribution in [2.24, 2.45) is 0 Å². The van der Waals surface area contributed by atoms with Crippen LogP contribution in [0.5, 0.6) is 0 Å². The second-order valence-electron chi connectivity index (χ2n) is 3.80. The smallest absolute Gasteiger partial charge is 0.00921 e. The molecule has 1 aromatic rings. The van der Waals surface area contributed by atoms with Gasteiger partial charge in [0.2, 0.25) is 0 Å². The van der Waals surface area contributed by atoms with Gasteiger partial charge in [-0.05, 0) is 48.5 Å². The highest BCUT2D eigenvalue weighted by Gasteiger charge is 2.18. The normalized spacial score (nSPS) is 21.2. The van der Waals surface area contributed by atoms with E-state index in [0.717, 1.165) is 11.7 Å². The lowest BCUT2D eigenvalue weighted by atomic mass is 9.81. The van der Waals surface area contributed by atoms with Crippen molar-refractivity contribution < 1.29 is 0 Å². The topological polar surface area (TPSA) is 0 Å². The van der Waals surface area contributed by atoms with Gasteiger partial charge in [-0.1, -0.05) is 24.3 Å². The first-order chi connectivity index (χ1) is 6.42. The summed E-state index contributed by atoms with van der Waals surface area (Å²) in [5.41, 5.74) is 3.16. The molecule has 13 heavy (non-hydrogen) atoms. The average Bonchev–Trinajstić information content (AvgIpc) is 2.19. The fourth-order valence-electron chi connectivity index (χ4n) is 2.31. The molecule has 0 spiro atoms. The molecule has 1 heteroatoms. The lowest BCUT2D eigenvalue weighted by Crippen LogP contribution is -2.09. The van der Waals surface area contributed by atoms with Crippen LogP contribution in [0.1, 0.15) is 36.3 Å². The molecule has 0 heterocycles. The van der Waals surface area contributed by atoms with Crippen LogP contribution in [0.4, 0.5) is 0 Å². The van der Waals surface area contributed by atoms with Gasteiger partial charge in [0.15, 0.2) is 0 Å². The zero-order chi connectivity index (χ0) is 9.10. The Labute approximate surface area is 85.8 Å². The van der Waals surface area contributed by atoms with Crippen molar-refractivity contribution in [1.29, 1.82) is 0 Å². The van der Waals surface area contributed by atoms with E-state index in [-0.39, 0.29) is 0 Å². The molecule has 1 atom stereocenters. The second-order valence-corrected chi connectivity index (χ2v) is 4.25. The predicted octanol–water partition coefficient (Wildman–Crippen LogP) is 3.43. The van der Waals surface area contributed by atoms with E-state index in [1.54, 1.807) is 11.1 Å². The monoisotopic (exact) mass is 192 g/mol. The molecule has 1 aliphatic carbocycles. The van der Waals surface area contributed by atoms with Crippen LogP contribution in [0.3, 0.4) is 0 Å². The van der Waals surface area contributed by atoms with Crippen molar-refractivity contribution in [3.63, 3.8) is 0 Å². The molecule has 0 fully saturated rings. The Morgan fingerprint density at radius 2 is 2.15 bits per heavy atom. The summed E-state index contributed by atoms with van der Waals surface area (Å²) in [5, 5.41) is 0. The molecule has 1 aromatic carbocycles. The summed E-state index contributed by atoms with van der Waals surface area (Å²) in [7, 11) is 0. The third-order valence-corrected chi connectivity index (χ3v) is 3.23. The Morgan fingerprint density at radius 3 is 3.00 bits per heavy atom. The minimum atomic E-state index is 0.780. The van der Waals surface area contributed by atoms with Crippen LogP contribution in [0, 0.1) is 0 Å². The van der Waals surface area contributed by atoms with Gasteiger partial charge in [-0.2, -0.15) is 12.6 Å². The molecule has 0 saturated carbocycles. The molecule has 1 unspecified atom stereocenters. The van der Waals surface area contributed by atoms with Gasteiger partial charge in [-0.25, -0.2) is 0 Å². The lowest BCUT2D eigenvalue weighted by molar-refractivity contribution is 0.543. The van der Waals surface area contributed by atoms with Gasteiger partial charge in [-0.3, -0.25) is 0 Å². The fraction of sp³-hybridized carbons (Fsp3) is 0.500. The maximum absolute atomic E-state index is 4.32. The molecule has 0 amide bonds. The number of rotatable bonds is 2. The van der Waals surface area contributed by atoms with E-state index in [0.29, 0.717) is 0 Å². The van der Waals surface area contributed by atoms with E-state index >= 15 is 0 Å². The molecule has 1 aliphatic rings. The minimum Gasteiger partial charge on any atom is -0.179 e. The van der Waals surface area contributed by atoms with Crippen molar-refractivity contribution in [1.82, 2.24) is 0 Å². The van der Waals surface area contributed by atoms with Crippen LogP contribution in [0.25, 0.3) is 0 Å². The van der Waals surface area contributed by atoms with Crippen molar-refractivity contribution in [3.8, 4) is 0 Å². The highest BCUT2D eigenvalue weighted by Crippen LogP contribution is 2.33. The van der Waals surface area contributed by atoms with Gasteiger partial charge in [0.25, 0.3) is 0 Å². The summed E-state index contributed by atoms with van der Waals surface area (Å²) in [4.78, 5) is 0. The molecule has 2 rings (SSSR count). The van der Waals surface area contributed by atoms with Crippen LogP contribution in [-0.4, -0.2) is 5.75 Å². The van der Waals surface area contributed by atoms with Gasteiger partial charge in [0.1, 0.15) is 0 Å². The van der Waals surface area contributed by atoms with Crippen molar-refractivity contribution in [2.45, 2.75) is 31.6 Å². The van der Waals surface area contributed by atoms with Crippen LogP contribution < -0.4 is 0 Å². The minimum absolute atomic E-state index is 0.780. The molecular formula is C12H16S. The molecule has 0 saturated heterocycles. The average molecular weight is 192 g/mol. The molecular weight excluding hydrogens is 176 g/mol. The quantitative estimate of drug-likeness (QED) is 0.682. The van der Waals surface area contributed by atoms with Crippen LogP contribution in [-0.2, 0) is 6.42 Å². The molecule has 70 valence electrons. The maximum atomic E-state index is 4.32. The van der Waals surface area contributed by atoms with E-state index in [1.165, 1.54) is 25.7 Å². The summed E-state index contributed by atoms with van der Waals surface area (Å²) < 4.78 is 0. The van der Waals surface area contributed by atoms with E-state index in [4.69, 9.17) is 0 Å². The third-order valence-electron chi connectivity index (χ3n) is 2.97. The van der Waals surface area contributed by atoms with Crippen LogP contribution in [0.2, 0.25) is 0 Å². The first-order valence-electron chi connectivity index (χ1n) is 5.10. The highest BCUT2D eigenvalue weighted by atomic mass is 32.1. The van der Waals surface area contributed by atoms with Crippen molar-refractivity contribution in [2.75, 3.05) is 5.75 Å². The summed E-state index contributed by atoms with van der Waals surface area (Å²) in [5.74, 6) is 1.79. The molecule has 0 bridgehead atoms. The second kappa shape index (κ2) is 4.19. The Hall–Kier alpha value is -0.430. The Kier molecular flexibility index (Phi) is 2.94. The van der Waals surface area contributed by atoms with Gasteiger partial charge in [0, 0.05) is 0 Å². The third kappa shape index (κ3) is 1.91. The van der Waals surface area contributed by atoms with Gasteiger partial charge < -0.3 is 0 Å². The molecule has 0 nitrogen and oxygen atoms in total. The SMILES string of the molecule is SCCC1CCCc2ccccc21. The number of fused-ring (bicyclic) bond motifs is 1. The molecule has 0 N–H and O–H groups in total. The van der Waals surface area contributed by atoms with E-state index in [1.807, 2.05) is 0 Å². The largest absolute Gasteiger partial charge is 0.179 e. The first kappa shape index (κ1) is 9.14. The Balaban J connectivity index is 2.26. The molecule has 0 aromatic heterocycles. The summed E-state index contributed by atoms with van der Waals surface area (Å²) in [6.07, 6.45) is 5.23. The van der Waals surface area contributed by atoms with Crippen molar-refractivity contribution in [3.05, 3.63) is 35.4 Å². The number of hydrogen-bond donors (Lipinski definition) is 1. The standard InChI is InChI=1S/C12H16S/c13-9-8-11-6-3-5-10-4-1-2-7-12(10)11/h1-2,4,7,11,13H,3,5-6,8-9H2. The van der Waals surface area contributed by atoms with E-state index in [2.05, 4.69) is 36.9 Å². The zero-order valence-electron chi connectivity index (χ0n) is 7.87. The fourth-order valence-corrected chi connectivity index (χ4v) is 2.62. The number of benzene rings is 1. The number of thiol groups is 1. The first-order valence-corrected chi connectivity index (χ1v) is 5.73. The van der Waals surface area contributed by atoms with Crippen LogP contribution in [0.15, 0.2) is 24.3 Å². The zero-order valence-corrected chi connectivity index (χ0v) is 8.76. The number of aryl methyl sites for hydroxylation is 1. The maximum Gasteiger partial charge on any atom is -0.00921 e. The number of hydrogen-bond acceptors (Lipinski definition) is 1. The van der Waals surface area contributed by atoms with Gasteiger partial charge in [-0.15, -0.1) is 0 Å². The molecule has 0 radical (unpaired) electrons. The molecule has 0 aliphatic heterocycles. The highest BCUT2D eigenvalue weighted by molar-refractivity contribution is 7.80. The Morgan fingerprint density at radius 1 is 1.31 bits per heavy atom. The Bertz CT molecular complexity index is 280. The van der Waals surface area contributed by atoms with E-state index in [9.17, 15) is 0 Å². The van der Waals surface area contributed by atoms with Crippen molar-refractivity contribution >= 4 is 12.6 Å². The summed E-state index contributed by atoms with van der Waals surface area (Å²) in [6, 6.07) is 8.89. The summed E-state index contributed by atoms with van der Waals surface area (Å²) in [6.45, 7) is 0.